The summed E-state index contributed by atoms with van der Waals surface area (Å²) in [6.07, 6.45) is 0.797. The van der Waals surface area contributed by atoms with Gasteiger partial charge in [0.25, 0.3) is 0 Å². The zero-order valence-electron chi connectivity index (χ0n) is 9.77. The minimum atomic E-state index is 0.0543. The summed E-state index contributed by atoms with van der Waals surface area (Å²) < 4.78 is 5.59. The fourth-order valence-corrected chi connectivity index (χ4v) is 2.07. The lowest BCUT2D eigenvalue weighted by Gasteiger charge is -2.17. The summed E-state index contributed by atoms with van der Waals surface area (Å²) in [6, 6.07) is 7.51. The molecule has 0 saturated carbocycles. The van der Waals surface area contributed by atoms with Gasteiger partial charge < -0.3 is 9.64 Å². The minimum Gasteiger partial charge on any atom is -0.493 e. The molecule has 0 spiro atoms. The van der Waals surface area contributed by atoms with E-state index >= 15 is 0 Å². The molecule has 1 aromatic rings. The van der Waals surface area contributed by atoms with Crippen molar-refractivity contribution in [3.63, 3.8) is 0 Å². The van der Waals surface area contributed by atoms with Crippen LogP contribution < -0.4 is 4.74 Å². The SMILES string of the molecule is CN(C)CC1CCOc2ccccc2C1=O. The average Bonchev–Trinajstić information content (AvgIpc) is 2.40. The van der Waals surface area contributed by atoms with Crippen molar-refractivity contribution in [3.8, 4) is 5.75 Å². The van der Waals surface area contributed by atoms with Crippen LogP contribution in [0.15, 0.2) is 24.3 Å². The highest BCUT2D eigenvalue weighted by Gasteiger charge is 2.26. The second-order valence-corrected chi connectivity index (χ2v) is 4.46. The van der Waals surface area contributed by atoms with Crippen LogP contribution in [0.4, 0.5) is 0 Å². The van der Waals surface area contributed by atoms with Crippen LogP contribution in [0.3, 0.4) is 0 Å². The second kappa shape index (κ2) is 4.66. The Hall–Kier alpha value is -1.35. The van der Waals surface area contributed by atoms with Gasteiger partial charge >= 0.3 is 0 Å². The number of carbonyl (C=O) groups excluding carboxylic acids is 1. The summed E-state index contributed by atoms with van der Waals surface area (Å²) in [5.74, 6) is 0.995. The molecule has 0 radical (unpaired) electrons. The van der Waals surface area contributed by atoms with Crippen LogP contribution in [-0.4, -0.2) is 37.9 Å². The van der Waals surface area contributed by atoms with Gasteiger partial charge in [-0.3, -0.25) is 4.79 Å². The number of fused-ring (bicyclic) bond motifs is 1. The molecule has 0 bridgehead atoms. The molecule has 1 heterocycles. The van der Waals surface area contributed by atoms with Gasteiger partial charge in [0.05, 0.1) is 12.2 Å². The first-order chi connectivity index (χ1) is 7.68. The van der Waals surface area contributed by atoms with E-state index in [1.165, 1.54) is 0 Å². The first-order valence-electron chi connectivity index (χ1n) is 5.59. The molecule has 0 N–H and O–H groups in total. The van der Waals surface area contributed by atoms with Crippen molar-refractivity contribution in [2.24, 2.45) is 5.92 Å². The van der Waals surface area contributed by atoms with Gasteiger partial charge in [0.15, 0.2) is 5.78 Å². The van der Waals surface area contributed by atoms with Crippen molar-refractivity contribution in [2.45, 2.75) is 6.42 Å². The van der Waals surface area contributed by atoms with Crippen LogP contribution in [0.25, 0.3) is 0 Å². The highest BCUT2D eigenvalue weighted by molar-refractivity contribution is 6.00. The molecule has 1 unspecified atom stereocenters. The number of carbonyl (C=O) groups is 1. The summed E-state index contributed by atoms with van der Waals surface area (Å²) in [5, 5.41) is 0. The molecule has 0 aliphatic carbocycles. The Bertz CT molecular complexity index is 387. The Kier molecular flexibility index (Phi) is 3.25. The van der Waals surface area contributed by atoms with Crippen molar-refractivity contribution in [2.75, 3.05) is 27.2 Å². The summed E-state index contributed by atoms with van der Waals surface area (Å²) in [7, 11) is 3.98. The highest BCUT2D eigenvalue weighted by Crippen LogP contribution is 2.26. The monoisotopic (exact) mass is 219 g/mol. The van der Waals surface area contributed by atoms with Gasteiger partial charge in [-0.15, -0.1) is 0 Å². The fraction of sp³-hybridized carbons (Fsp3) is 0.462. The quantitative estimate of drug-likeness (QED) is 0.760. The van der Waals surface area contributed by atoms with Gasteiger partial charge in [-0.1, -0.05) is 12.1 Å². The predicted molar refractivity (Wildman–Crippen MR) is 62.9 cm³/mol. The van der Waals surface area contributed by atoms with Gasteiger partial charge in [0, 0.05) is 12.5 Å². The maximum absolute atomic E-state index is 12.3. The maximum atomic E-state index is 12.3. The molecule has 3 nitrogen and oxygen atoms in total. The topological polar surface area (TPSA) is 29.5 Å². The smallest absolute Gasteiger partial charge is 0.171 e. The summed E-state index contributed by atoms with van der Waals surface area (Å²) >= 11 is 0. The van der Waals surface area contributed by atoms with Crippen molar-refractivity contribution < 1.29 is 9.53 Å². The number of benzene rings is 1. The van der Waals surface area contributed by atoms with Crippen LogP contribution >= 0.6 is 0 Å². The lowest BCUT2D eigenvalue weighted by atomic mass is 9.95. The third-order valence-corrected chi connectivity index (χ3v) is 2.83. The standard InChI is InChI=1S/C13H17NO2/c1-14(2)9-10-7-8-16-12-6-4-3-5-11(12)13(10)15/h3-6,10H,7-9H2,1-2H3. The summed E-state index contributed by atoms with van der Waals surface area (Å²) in [5.41, 5.74) is 0.729. The Balaban J connectivity index is 2.26. The molecule has 0 aromatic heterocycles. The van der Waals surface area contributed by atoms with E-state index in [1.54, 1.807) is 0 Å². The number of nitrogens with zero attached hydrogens (tertiary/aromatic N) is 1. The van der Waals surface area contributed by atoms with Gasteiger partial charge in [-0.25, -0.2) is 0 Å². The number of ether oxygens (including phenoxy) is 1. The van der Waals surface area contributed by atoms with Crippen molar-refractivity contribution in [1.29, 1.82) is 0 Å². The lowest BCUT2D eigenvalue weighted by Crippen LogP contribution is -2.27. The third kappa shape index (κ3) is 2.25. The lowest BCUT2D eigenvalue weighted by molar-refractivity contribution is 0.0891. The van der Waals surface area contributed by atoms with E-state index in [1.807, 2.05) is 38.4 Å². The van der Waals surface area contributed by atoms with Crippen LogP contribution in [0.5, 0.6) is 5.75 Å². The fourth-order valence-electron chi connectivity index (χ4n) is 2.07. The molecule has 0 amide bonds. The first kappa shape index (κ1) is 11.1. The zero-order valence-corrected chi connectivity index (χ0v) is 9.77. The molecule has 2 rings (SSSR count). The molecule has 1 aliphatic heterocycles. The van der Waals surface area contributed by atoms with Crippen molar-refractivity contribution in [3.05, 3.63) is 29.8 Å². The molecule has 1 atom stereocenters. The molecule has 0 fully saturated rings. The van der Waals surface area contributed by atoms with Gasteiger partial charge in [0.2, 0.25) is 0 Å². The summed E-state index contributed by atoms with van der Waals surface area (Å²) in [4.78, 5) is 14.3. The maximum Gasteiger partial charge on any atom is 0.171 e. The molecule has 86 valence electrons. The van der Waals surface area contributed by atoms with Gasteiger partial charge in [-0.05, 0) is 32.6 Å². The van der Waals surface area contributed by atoms with E-state index in [0.29, 0.717) is 6.61 Å². The van der Waals surface area contributed by atoms with E-state index in [2.05, 4.69) is 4.90 Å². The molecular weight excluding hydrogens is 202 g/mol. The van der Waals surface area contributed by atoms with E-state index in [4.69, 9.17) is 4.74 Å². The Morgan fingerprint density at radius 2 is 2.12 bits per heavy atom. The minimum absolute atomic E-state index is 0.0543. The molecule has 0 saturated heterocycles. The van der Waals surface area contributed by atoms with Gasteiger partial charge in [-0.2, -0.15) is 0 Å². The van der Waals surface area contributed by atoms with E-state index in [9.17, 15) is 4.79 Å². The Morgan fingerprint density at radius 3 is 2.88 bits per heavy atom. The van der Waals surface area contributed by atoms with Crippen LogP contribution in [0.1, 0.15) is 16.8 Å². The number of para-hydroxylation sites is 1. The number of hydrogen-bond donors (Lipinski definition) is 0. The first-order valence-corrected chi connectivity index (χ1v) is 5.59. The van der Waals surface area contributed by atoms with Crippen LogP contribution in [0, 0.1) is 5.92 Å². The molecule has 1 aromatic carbocycles. The Morgan fingerprint density at radius 1 is 1.38 bits per heavy atom. The van der Waals surface area contributed by atoms with E-state index in [0.717, 1.165) is 24.3 Å². The number of rotatable bonds is 2. The summed E-state index contributed by atoms with van der Waals surface area (Å²) in [6.45, 7) is 1.41. The van der Waals surface area contributed by atoms with Crippen LogP contribution in [-0.2, 0) is 0 Å². The molecule has 1 aliphatic rings. The average molecular weight is 219 g/mol. The number of Topliss-reactive ketones (excluding diaryl/α,β-unsaturated/α-hetero) is 1. The number of hydrogen-bond acceptors (Lipinski definition) is 3. The van der Waals surface area contributed by atoms with Crippen LogP contribution in [0.2, 0.25) is 0 Å². The van der Waals surface area contributed by atoms with E-state index in [-0.39, 0.29) is 11.7 Å². The zero-order chi connectivity index (χ0) is 11.5. The molecule has 16 heavy (non-hydrogen) atoms. The second-order valence-electron chi connectivity index (χ2n) is 4.46. The largest absolute Gasteiger partial charge is 0.493 e. The van der Waals surface area contributed by atoms with Gasteiger partial charge in [0.1, 0.15) is 5.75 Å². The third-order valence-electron chi connectivity index (χ3n) is 2.83. The molecule has 3 heteroatoms. The highest BCUT2D eigenvalue weighted by atomic mass is 16.5. The van der Waals surface area contributed by atoms with Crippen molar-refractivity contribution in [1.82, 2.24) is 4.90 Å². The Labute approximate surface area is 96.0 Å². The number of ketones is 1. The normalized spacial score (nSPS) is 20.2. The van der Waals surface area contributed by atoms with E-state index < -0.39 is 0 Å². The predicted octanol–water partition coefficient (Wildman–Crippen LogP) is 1.83. The molecular formula is C13H17NO2. The van der Waals surface area contributed by atoms with Crippen molar-refractivity contribution >= 4 is 5.78 Å².